The molecular formula is C22H30N2O2. The summed E-state index contributed by atoms with van der Waals surface area (Å²) in [6.45, 7) is 4.33. The number of β-amino-alcohol motifs (C(OH)–C–C–N with tert-alkyl or cyclic N) is 1. The largest absolute Gasteiger partial charge is 0.392 e. The molecule has 140 valence electrons. The molecule has 2 aromatic rings. The Hall–Kier alpha value is -1.72. The van der Waals surface area contributed by atoms with E-state index in [0.29, 0.717) is 0 Å². The Bertz CT molecular complexity index is 662. The minimum absolute atomic E-state index is 0.165. The van der Waals surface area contributed by atoms with Gasteiger partial charge in [0.15, 0.2) is 0 Å². The predicted octanol–water partition coefficient (Wildman–Crippen LogP) is 2.60. The van der Waals surface area contributed by atoms with Crippen molar-refractivity contribution in [1.82, 2.24) is 10.2 Å². The summed E-state index contributed by atoms with van der Waals surface area (Å²) in [6.07, 6.45) is 1.80. The summed E-state index contributed by atoms with van der Waals surface area (Å²) in [5.41, 5.74) is 3.96. The molecule has 0 saturated carbocycles. The normalized spacial score (nSPS) is 18.9. The van der Waals surface area contributed by atoms with Crippen molar-refractivity contribution in [2.75, 3.05) is 26.7 Å². The van der Waals surface area contributed by atoms with Crippen molar-refractivity contribution in [3.63, 3.8) is 0 Å². The minimum Gasteiger partial charge on any atom is -0.392 e. The van der Waals surface area contributed by atoms with Crippen LogP contribution in [-0.4, -0.2) is 49.0 Å². The van der Waals surface area contributed by atoms with Gasteiger partial charge in [0, 0.05) is 39.8 Å². The second-order valence-electron chi connectivity index (χ2n) is 7.12. The standard InChI is InChI=1S/C22H30N2O2/c1-26-22(13-18-7-3-2-4-8-18)15-23-14-19-9-5-6-10-20(19)16-24-12-11-21(25)17-24/h2-10,21-23,25H,11-17H2,1H3. The van der Waals surface area contributed by atoms with Gasteiger partial charge in [-0.15, -0.1) is 0 Å². The van der Waals surface area contributed by atoms with E-state index in [-0.39, 0.29) is 12.2 Å². The smallest absolute Gasteiger partial charge is 0.0736 e. The lowest BCUT2D eigenvalue weighted by atomic mass is 10.1. The molecule has 2 unspecified atom stereocenters. The topological polar surface area (TPSA) is 44.7 Å². The molecule has 0 aliphatic carbocycles. The van der Waals surface area contributed by atoms with Crippen LogP contribution in [0.1, 0.15) is 23.1 Å². The van der Waals surface area contributed by atoms with Gasteiger partial charge in [-0.3, -0.25) is 4.90 Å². The first-order valence-electron chi connectivity index (χ1n) is 9.49. The van der Waals surface area contributed by atoms with Crippen LogP contribution >= 0.6 is 0 Å². The van der Waals surface area contributed by atoms with E-state index < -0.39 is 0 Å². The Balaban J connectivity index is 1.51. The van der Waals surface area contributed by atoms with Gasteiger partial charge in [-0.25, -0.2) is 0 Å². The van der Waals surface area contributed by atoms with E-state index in [9.17, 15) is 5.11 Å². The summed E-state index contributed by atoms with van der Waals surface area (Å²) in [6, 6.07) is 19.0. The second-order valence-corrected chi connectivity index (χ2v) is 7.12. The number of aliphatic hydroxyl groups is 1. The van der Waals surface area contributed by atoms with Crippen molar-refractivity contribution in [1.29, 1.82) is 0 Å². The van der Waals surface area contributed by atoms with Gasteiger partial charge in [0.05, 0.1) is 12.2 Å². The first-order chi connectivity index (χ1) is 12.7. The molecular weight excluding hydrogens is 324 g/mol. The third-order valence-corrected chi connectivity index (χ3v) is 5.09. The quantitative estimate of drug-likeness (QED) is 0.727. The van der Waals surface area contributed by atoms with Gasteiger partial charge in [-0.2, -0.15) is 0 Å². The maximum Gasteiger partial charge on any atom is 0.0736 e. The maximum absolute atomic E-state index is 9.73. The fourth-order valence-corrected chi connectivity index (χ4v) is 3.56. The van der Waals surface area contributed by atoms with Crippen molar-refractivity contribution in [2.24, 2.45) is 0 Å². The van der Waals surface area contributed by atoms with Gasteiger partial charge < -0.3 is 15.2 Å². The highest BCUT2D eigenvalue weighted by Gasteiger charge is 2.20. The molecule has 2 N–H and O–H groups in total. The van der Waals surface area contributed by atoms with Crippen molar-refractivity contribution in [2.45, 2.75) is 38.1 Å². The summed E-state index contributed by atoms with van der Waals surface area (Å²) in [5, 5.41) is 13.3. The van der Waals surface area contributed by atoms with Crippen molar-refractivity contribution < 1.29 is 9.84 Å². The van der Waals surface area contributed by atoms with Gasteiger partial charge in [-0.05, 0) is 29.5 Å². The number of benzene rings is 2. The van der Waals surface area contributed by atoms with Gasteiger partial charge in [0.25, 0.3) is 0 Å². The number of aliphatic hydroxyl groups excluding tert-OH is 1. The van der Waals surface area contributed by atoms with Gasteiger partial charge in [0.1, 0.15) is 0 Å². The Morgan fingerprint density at radius 2 is 1.85 bits per heavy atom. The Labute approximate surface area is 156 Å². The highest BCUT2D eigenvalue weighted by atomic mass is 16.5. The molecule has 1 saturated heterocycles. The second kappa shape index (κ2) is 9.83. The van der Waals surface area contributed by atoms with Crippen LogP contribution in [0.15, 0.2) is 54.6 Å². The SMILES string of the molecule is COC(CNCc1ccccc1CN1CCC(O)C1)Cc1ccccc1. The van der Waals surface area contributed by atoms with Gasteiger partial charge in [0.2, 0.25) is 0 Å². The van der Waals surface area contributed by atoms with Crippen LogP contribution in [0.3, 0.4) is 0 Å². The van der Waals surface area contributed by atoms with E-state index >= 15 is 0 Å². The van der Waals surface area contributed by atoms with Crippen LogP contribution in [0.25, 0.3) is 0 Å². The van der Waals surface area contributed by atoms with Crippen LogP contribution in [0.4, 0.5) is 0 Å². The molecule has 0 aromatic heterocycles. The van der Waals surface area contributed by atoms with Crippen molar-refractivity contribution >= 4 is 0 Å². The molecule has 0 spiro atoms. The molecule has 1 heterocycles. The first kappa shape index (κ1) is 19.1. The number of hydrogen-bond acceptors (Lipinski definition) is 4. The average Bonchev–Trinajstić information content (AvgIpc) is 3.08. The first-order valence-corrected chi connectivity index (χ1v) is 9.49. The van der Waals surface area contributed by atoms with Crippen LogP contribution in [0, 0.1) is 0 Å². The number of nitrogens with zero attached hydrogens (tertiary/aromatic N) is 1. The molecule has 2 atom stereocenters. The molecule has 26 heavy (non-hydrogen) atoms. The third kappa shape index (κ3) is 5.64. The molecule has 0 radical (unpaired) electrons. The van der Waals surface area contributed by atoms with Gasteiger partial charge >= 0.3 is 0 Å². The molecule has 2 aromatic carbocycles. The molecule has 1 aliphatic heterocycles. The van der Waals surface area contributed by atoms with Crippen LogP contribution < -0.4 is 5.32 Å². The highest BCUT2D eigenvalue weighted by Crippen LogP contribution is 2.16. The fourth-order valence-electron chi connectivity index (χ4n) is 3.56. The predicted molar refractivity (Wildman–Crippen MR) is 105 cm³/mol. The molecule has 0 bridgehead atoms. The fraction of sp³-hybridized carbons (Fsp3) is 0.455. The van der Waals surface area contributed by atoms with E-state index in [1.807, 2.05) is 6.07 Å². The Kier molecular flexibility index (Phi) is 7.21. The molecule has 1 aliphatic rings. The zero-order valence-electron chi connectivity index (χ0n) is 15.6. The summed E-state index contributed by atoms with van der Waals surface area (Å²) in [7, 11) is 1.78. The van der Waals surface area contributed by atoms with E-state index in [4.69, 9.17) is 4.74 Å². The number of likely N-dealkylation sites (tertiary alicyclic amines) is 1. The van der Waals surface area contributed by atoms with E-state index in [2.05, 4.69) is 58.7 Å². The number of methoxy groups -OCH3 is 1. The number of hydrogen-bond donors (Lipinski definition) is 2. The zero-order valence-corrected chi connectivity index (χ0v) is 15.6. The number of ether oxygens (including phenoxy) is 1. The van der Waals surface area contributed by atoms with E-state index in [1.54, 1.807) is 7.11 Å². The molecule has 3 rings (SSSR count). The monoisotopic (exact) mass is 354 g/mol. The molecule has 4 heteroatoms. The lowest BCUT2D eigenvalue weighted by Crippen LogP contribution is -2.30. The number of nitrogens with one attached hydrogen (secondary N) is 1. The lowest BCUT2D eigenvalue weighted by molar-refractivity contribution is 0.102. The third-order valence-electron chi connectivity index (χ3n) is 5.09. The van der Waals surface area contributed by atoms with Crippen LogP contribution in [0.5, 0.6) is 0 Å². The minimum atomic E-state index is -0.166. The summed E-state index contributed by atoms with van der Waals surface area (Å²) in [4.78, 5) is 2.33. The lowest BCUT2D eigenvalue weighted by Gasteiger charge is -2.19. The molecule has 1 fully saturated rings. The van der Waals surface area contributed by atoms with Crippen LogP contribution in [0.2, 0.25) is 0 Å². The van der Waals surface area contributed by atoms with E-state index in [0.717, 1.165) is 45.6 Å². The van der Waals surface area contributed by atoms with E-state index in [1.165, 1.54) is 16.7 Å². The average molecular weight is 354 g/mol. The Morgan fingerprint density at radius 3 is 2.54 bits per heavy atom. The van der Waals surface area contributed by atoms with Crippen LogP contribution in [-0.2, 0) is 24.2 Å². The van der Waals surface area contributed by atoms with Crippen molar-refractivity contribution in [3.05, 3.63) is 71.3 Å². The Morgan fingerprint density at radius 1 is 1.12 bits per heavy atom. The van der Waals surface area contributed by atoms with Gasteiger partial charge in [-0.1, -0.05) is 54.6 Å². The summed E-state index contributed by atoms with van der Waals surface area (Å²) in [5.74, 6) is 0. The summed E-state index contributed by atoms with van der Waals surface area (Å²) < 4.78 is 5.64. The summed E-state index contributed by atoms with van der Waals surface area (Å²) >= 11 is 0. The molecule has 4 nitrogen and oxygen atoms in total. The zero-order chi connectivity index (χ0) is 18.2. The van der Waals surface area contributed by atoms with Crippen molar-refractivity contribution in [3.8, 4) is 0 Å². The highest BCUT2D eigenvalue weighted by molar-refractivity contribution is 5.27. The maximum atomic E-state index is 9.73. The number of rotatable bonds is 9. The molecule has 0 amide bonds.